The van der Waals surface area contributed by atoms with Gasteiger partial charge in [0.25, 0.3) is 0 Å². The van der Waals surface area contributed by atoms with Gasteiger partial charge in [0, 0.05) is 5.92 Å². The average molecular weight is 228 g/mol. The number of halogens is 3. The van der Waals surface area contributed by atoms with E-state index in [2.05, 4.69) is 0 Å². The second-order valence-corrected chi connectivity index (χ2v) is 4.97. The number of hydrogen-bond donors (Lipinski definition) is 0. The highest BCUT2D eigenvalue weighted by atomic mass is 35.5. The van der Waals surface area contributed by atoms with Gasteiger partial charge < -0.3 is 0 Å². The van der Waals surface area contributed by atoms with E-state index in [9.17, 15) is 4.79 Å². The van der Waals surface area contributed by atoms with Crippen molar-refractivity contribution in [1.29, 1.82) is 0 Å². The van der Waals surface area contributed by atoms with E-state index >= 15 is 0 Å². The number of carbonyl (C=O) groups is 1. The first-order chi connectivity index (χ1) is 5.37. The molecule has 0 unspecified atom stereocenters. The highest BCUT2D eigenvalue weighted by Gasteiger charge is 2.60. The van der Waals surface area contributed by atoms with E-state index in [-0.39, 0.29) is 27.0 Å². The molecule has 4 heteroatoms. The molecule has 1 nitrogen and oxygen atoms in total. The zero-order valence-electron chi connectivity index (χ0n) is 6.77. The first kappa shape index (κ1) is 10.4. The molecule has 0 aromatic rings. The monoisotopic (exact) mass is 226 g/mol. The molecule has 0 spiro atoms. The van der Waals surface area contributed by atoms with Crippen molar-refractivity contribution in [3.8, 4) is 0 Å². The maximum absolute atomic E-state index is 10.9. The highest BCUT2D eigenvalue weighted by Crippen LogP contribution is 2.60. The van der Waals surface area contributed by atoms with Crippen molar-refractivity contribution in [1.82, 2.24) is 0 Å². The summed E-state index contributed by atoms with van der Waals surface area (Å²) in [5, 5.41) is -0.309. The Kier molecular flexibility index (Phi) is 2.77. The van der Waals surface area contributed by atoms with Crippen molar-refractivity contribution in [3.63, 3.8) is 0 Å². The Hall–Kier alpha value is 0.280. The normalized spacial score (nSPS) is 31.1. The predicted molar refractivity (Wildman–Crippen MR) is 51.4 cm³/mol. The van der Waals surface area contributed by atoms with Crippen LogP contribution >= 0.6 is 34.8 Å². The predicted octanol–water partition coefficient (Wildman–Crippen LogP) is 3.34. The molecule has 0 saturated heterocycles. The first-order valence-electron chi connectivity index (χ1n) is 3.59. The lowest BCUT2D eigenvalue weighted by molar-refractivity contribution is -0.113. The fraction of sp³-hybridized carbons (Fsp3) is 0.625. The maximum Gasteiger partial charge on any atom is 0.225 e. The summed E-state index contributed by atoms with van der Waals surface area (Å²) in [5.41, 5.74) is -0.0894. The third-order valence-corrected chi connectivity index (χ3v) is 2.95. The molecule has 0 aromatic carbocycles. The van der Waals surface area contributed by atoms with E-state index in [1.54, 1.807) is 6.08 Å². The van der Waals surface area contributed by atoms with Crippen molar-refractivity contribution in [2.75, 3.05) is 0 Å². The van der Waals surface area contributed by atoms with Gasteiger partial charge in [-0.15, -0.1) is 0 Å². The van der Waals surface area contributed by atoms with Crippen LogP contribution < -0.4 is 0 Å². The summed E-state index contributed by atoms with van der Waals surface area (Å²) < 4.78 is 0.202. The molecule has 1 saturated carbocycles. The molecular weight excluding hydrogens is 218 g/mol. The zero-order valence-corrected chi connectivity index (χ0v) is 9.04. The van der Waals surface area contributed by atoms with Crippen LogP contribution in [0.15, 0.2) is 10.6 Å². The van der Waals surface area contributed by atoms with Gasteiger partial charge in [-0.25, -0.2) is 0 Å². The Labute approximate surface area is 86.7 Å². The second kappa shape index (κ2) is 3.21. The zero-order chi connectivity index (χ0) is 9.52. The smallest absolute Gasteiger partial charge is 0.225 e. The molecule has 0 radical (unpaired) electrons. The lowest BCUT2D eigenvalue weighted by atomic mass is 10.1. The van der Waals surface area contributed by atoms with Crippen LogP contribution in [0.1, 0.15) is 13.8 Å². The van der Waals surface area contributed by atoms with E-state index < -0.39 is 0 Å². The highest BCUT2D eigenvalue weighted by molar-refractivity contribution is 6.64. The van der Waals surface area contributed by atoms with Gasteiger partial charge in [-0.3, -0.25) is 4.79 Å². The van der Waals surface area contributed by atoms with E-state index in [1.165, 1.54) is 0 Å². The fourth-order valence-electron chi connectivity index (χ4n) is 1.56. The molecular formula is C8H9Cl3O. The Morgan fingerprint density at radius 2 is 1.83 bits per heavy atom. The molecule has 1 aliphatic rings. The Morgan fingerprint density at radius 3 is 2.08 bits per heavy atom. The van der Waals surface area contributed by atoms with Gasteiger partial charge >= 0.3 is 0 Å². The summed E-state index contributed by atoms with van der Waals surface area (Å²) in [4.78, 5) is 10.9. The van der Waals surface area contributed by atoms with Crippen LogP contribution in [-0.4, -0.2) is 5.24 Å². The second-order valence-electron chi connectivity index (χ2n) is 3.59. The molecule has 1 fully saturated rings. The van der Waals surface area contributed by atoms with Gasteiger partial charge in [-0.05, 0) is 29.0 Å². The van der Waals surface area contributed by atoms with Gasteiger partial charge in [-0.2, -0.15) is 0 Å². The molecule has 0 aliphatic heterocycles. The van der Waals surface area contributed by atoms with Crippen LogP contribution in [0.5, 0.6) is 0 Å². The first-order valence-corrected chi connectivity index (χ1v) is 4.73. The van der Waals surface area contributed by atoms with Crippen molar-refractivity contribution < 1.29 is 4.79 Å². The fourth-order valence-corrected chi connectivity index (χ4v) is 2.25. The van der Waals surface area contributed by atoms with Crippen LogP contribution in [0.2, 0.25) is 0 Å². The van der Waals surface area contributed by atoms with Gasteiger partial charge in [-0.1, -0.05) is 37.0 Å². The summed E-state index contributed by atoms with van der Waals surface area (Å²) in [6.07, 6.45) is 1.67. The molecule has 0 bridgehead atoms. The molecule has 0 amide bonds. The molecule has 12 heavy (non-hydrogen) atoms. The Balaban J connectivity index is 2.73. The molecule has 1 rings (SSSR count). The molecule has 68 valence electrons. The average Bonchev–Trinajstić information content (AvgIpc) is 2.32. The molecule has 0 N–H and O–H groups in total. The van der Waals surface area contributed by atoms with Crippen LogP contribution in [0.4, 0.5) is 0 Å². The maximum atomic E-state index is 10.9. The number of hydrogen-bond acceptors (Lipinski definition) is 1. The third-order valence-electron chi connectivity index (χ3n) is 2.46. The van der Waals surface area contributed by atoms with Crippen LogP contribution in [0.25, 0.3) is 0 Å². The van der Waals surface area contributed by atoms with Gasteiger partial charge in [0.2, 0.25) is 5.24 Å². The van der Waals surface area contributed by atoms with E-state index in [4.69, 9.17) is 34.8 Å². The minimum Gasteiger partial charge on any atom is -0.281 e. The van der Waals surface area contributed by atoms with Crippen LogP contribution in [-0.2, 0) is 4.79 Å². The quantitative estimate of drug-likeness (QED) is 0.661. The minimum absolute atomic E-state index is 0.0894. The Bertz CT molecular complexity index is 241. The summed E-state index contributed by atoms with van der Waals surface area (Å²) >= 11 is 16.3. The number of rotatable bonds is 2. The van der Waals surface area contributed by atoms with Crippen molar-refractivity contribution >= 4 is 40.0 Å². The van der Waals surface area contributed by atoms with Crippen molar-refractivity contribution in [3.05, 3.63) is 10.6 Å². The van der Waals surface area contributed by atoms with E-state index in [0.717, 1.165) is 0 Å². The Morgan fingerprint density at radius 1 is 1.33 bits per heavy atom. The van der Waals surface area contributed by atoms with Crippen molar-refractivity contribution in [2.24, 2.45) is 17.3 Å². The number of allylic oxidation sites excluding steroid dienone is 1. The molecule has 2 atom stereocenters. The standard InChI is InChI=1S/C8H9Cl3O/c1-8(2)4(3-5(9)10)6(8)7(11)12/h3-4,6H,1-2H3/t4-,6+/m0/s1. The molecule has 0 heterocycles. The largest absolute Gasteiger partial charge is 0.281 e. The SMILES string of the molecule is CC1(C)[C@@H](C=C(Cl)Cl)[C@@H]1C(=O)Cl. The van der Waals surface area contributed by atoms with Crippen LogP contribution in [0, 0.1) is 17.3 Å². The summed E-state index contributed by atoms with van der Waals surface area (Å²) in [5.74, 6) is -0.0424. The molecule has 1 aliphatic carbocycles. The summed E-state index contributed by atoms with van der Waals surface area (Å²) in [6, 6.07) is 0. The minimum atomic E-state index is -0.309. The van der Waals surface area contributed by atoms with Crippen molar-refractivity contribution in [2.45, 2.75) is 13.8 Å². The summed E-state index contributed by atoms with van der Waals surface area (Å²) in [7, 11) is 0. The van der Waals surface area contributed by atoms with Gasteiger partial charge in [0.05, 0.1) is 0 Å². The lowest BCUT2D eigenvalue weighted by Gasteiger charge is -1.96. The summed E-state index contributed by atoms with van der Waals surface area (Å²) in [6.45, 7) is 3.94. The third kappa shape index (κ3) is 1.78. The lowest BCUT2D eigenvalue weighted by Crippen LogP contribution is -1.96. The molecule has 0 aromatic heterocycles. The topological polar surface area (TPSA) is 17.1 Å². The van der Waals surface area contributed by atoms with Gasteiger partial charge in [0.15, 0.2) is 0 Å². The van der Waals surface area contributed by atoms with Gasteiger partial charge in [0.1, 0.15) is 4.49 Å². The number of carbonyl (C=O) groups excluding carboxylic acids is 1. The van der Waals surface area contributed by atoms with E-state index in [1.807, 2.05) is 13.8 Å². The van der Waals surface area contributed by atoms with E-state index in [0.29, 0.717) is 0 Å². The van der Waals surface area contributed by atoms with Crippen LogP contribution in [0.3, 0.4) is 0 Å².